The molecule has 1 saturated carbocycles. The fourth-order valence-electron chi connectivity index (χ4n) is 2.52. The van der Waals surface area contributed by atoms with Gasteiger partial charge in [-0.3, -0.25) is 4.90 Å². The molecule has 0 saturated heterocycles. The third-order valence-corrected chi connectivity index (χ3v) is 4.37. The van der Waals surface area contributed by atoms with Crippen LogP contribution in [0.15, 0.2) is 24.3 Å². The van der Waals surface area contributed by atoms with E-state index >= 15 is 0 Å². The Labute approximate surface area is 115 Å². The van der Waals surface area contributed by atoms with Crippen molar-refractivity contribution in [1.29, 1.82) is 0 Å². The second kappa shape index (κ2) is 6.60. The molecule has 0 aromatic heterocycles. The lowest BCUT2D eigenvalue weighted by atomic mass is 9.96. The van der Waals surface area contributed by atoms with Crippen molar-refractivity contribution in [3.8, 4) is 0 Å². The summed E-state index contributed by atoms with van der Waals surface area (Å²) in [4.78, 5) is 2.40. The predicted octanol–water partition coefficient (Wildman–Crippen LogP) is 2.86. The molecular formula is C15H24N2S. The van der Waals surface area contributed by atoms with Crippen molar-refractivity contribution in [2.45, 2.75) is 24.8 Å². The van der Waals surface area contributed by atoms with Gasteiger partial charge in [0.1, 0.15) is 0 Å². The summed E-state index contributed by atoms with van der Waals surface area (Å²) in [5.74, 6) is 1.96. The zero-order valence-electron chi connectivity index (χ0n) is 11.4. The summed E-state index contributed by atoms with van der Waals surface area (Å²) in [6.45, 7) is 1.80. The van der Waals surface area contributed by atoms with Crippen LogP contribution in [0.3, 0.4) is 0 Å². The Morgan fingerprint density at radius 3 is 2.72 bits per heavy atom. The van der Waals surface area contributed by atoms with Crippen LogP contribution in [0.4, 0.5) is 0 Å². The highest BCUT2D eigenvalue weighted by Gasteiger charge is 2.28. The van der Waals surface area contributed by atoms with Gasteiger partial charge in [-0.15, -0.1) is 0 Å². The molecule has 1 aromatic carbocycles. The molecule has 2 nitrogen and oxygen atoms in total. The van der Waals surface area contributed by atoms with Crippen molar-refractivity contribution in [1.82, 2.24) is 4.90 Å². The predicted molar refractivity (Wildman–Crippen MR) is 81.2 cm³/mol. The quantitative estimate of drug-likeness (QED) is 0.821. The number of benzene rings is 1. The van der Waals surface area contributed by atoms with Gasteiger partial charge in [0.2, 0.25) is 0 Å². The summed E-state index contributed by atoms with van der Waals surface area (Å²) in [6.07, 6.45) is 4.86. The highest BCUT2D eigenvalue weighted by Crippen LogP contribution is 2.43. The van der Waals surface area contributed by atoms with Crippen molar-refractivity contribution in [3.05, 3.63) is 35.4 Å². The Balaban J connectivity index is 2.15. The van der Waals surface area contributed by atoms with Crippen LogP contribution in [-0.2, 0) is 0 Å². The second-order valence-electron chi connectivity index (χ2n) is 5.13. The van der Waals surface area contributed by atoms with Crippen LogP contribution < -0.4 is 5.73 Å². The van der Waals surface area contributed by atoms with Crippen molar-refractivity contribution in [2.75, 3.05) is 32.1 Å². The zero-order valence-corrected chi connectivity index (χ0v) is 12.2. The van der Waals surface area contributed by atoms with Gasteiger partial charge in [-0.05, 0) is 43.2 Å². The molecule has 100 valence electrons. The standard InChI is InChI=1S/C15H24N2S/c1-17(9-10-18-2)15(11-16)14-6-4-3-5-13(14)12-7-8-12/h3-6,12,15H,7-11,16H2,1-2H3. The second-order valence-corrected chi connectivity index (χ2v) is 6.11. The molecule has 0 radical (unpaired) electrons. The van der Waals surface area contributed by atoms with Crippen molar-refractivity contribution in [3.63, 3.8) is 0 Å². The molecule has 2 rings (SSSR count). The average molecular weight is 264 g/mol. The van der Waals surface area contributed by atoms with E-state index in [0.29, 0.717) is 12.6 Å². The Bertz CT molecular complexity index is 377. The summed E-state index contributed by atoms with van der Waals surface area (Å²) in [6, 6.07) is 9.23. The van der Waals surface area contributed by atoms with E-state index in [1.165, 1.54) is 29.7 Å². The molecule has 0 heterocycles. The van der Waals surface area contributed by atoms with Gasteiger partial charge in [0.15, 0.2) is 0 Å². The fourth-order valence-corrected chi connectivity index (χ4v) is 2.99. The third-order valence-electron chi connectivity index (χ3n) is 3.78. The van der Waals surface area contributed by atoms with E-state index in [4.69, 9.17) is 5.73 Å². The number of thioether (sulfide) groups is 1. The van der Waals surface area contributed by atoms with Gasteiger partial charge in [0, 0.05) is 24.9 Å². The highest BCUT2D eigenvalue weighted by molar-refractivity contribution is 7.98. The van der Waals surface area contributed by atoms with Crippen LogP contribution >= 0.6 is 11.8 Å². The third kappa shape index (κ3) is 3.28. The largest absolute Gasteiger partial charge is 0.329 e. The molecule has 0 aliphatic heterocycles. The maximum Gasteiger partial charge on any atom is 0.0470 e. The normalized spacial score (nSPS) is 17.1. The molecule has 1 aromatic rings. The van der Waals surface area contributed by atoms with Gasteiger partial charge in [0.05, 0.1) is 0 Å². The molecule has 1 unspecified atom stereocenters. The van der Waals surface area contributed by atoms with E-state index in [-0.39, 0.29) is 0 Å². The number of hydrogen-bond donors (Lipinski definition) is 1. The molecule has 18 heavy (non-hydrogen) atoms. The monoisotopic (exact) mass is 264 g/mol. The van der Waals surface area contributed by atoms with Gasteiger partial charge in [-0.2, -0.15) is 11.8 Å². The first-order chi connectivity index (χ1) is 8.77. The van der Waals surface area contributed by atoms with Crippen LogP contribution in [0.1, 0.15) is 35.9 Å². The first kappa shape index (κ1) is 13.9. The molecule has 1 aliphatic rings. The van der Waals surface area contributed by atoms with Crippen LogP contribution in [0.25, 0.3) is 0 Å². The van der Waals surface area contributed by atoms with Crippen LogP contribution in [-0.4, -0.2) is 37.0 Å². The molecule has 1 atom stereocenters. The highest BCUT2D eigenvalue weighted by atomic mass is 32.2. The lowest BCUT2D eigenvalue weighted by Gasteiger charge is -2.29. The first-order valence-electron chi connectivity index (χ1n) is 6.76. The number of likely N-dealkylation sites (N-methyl/N-ethyl adjacent to an activating group) is 1. The number of hydrogen-bond acceptors (Lipinski definition) is 3. The van der Waals surface area contributed by atoms with Gasteiger partial charge in [-0.25, -0.2) is 0 Å². The van der Waals surface area contributed by atoms with E-state index in [9.17, 15) is 0 Å². The van der Waals surface area contributed by atoms with Crippen molar-refractivity contribution >= 4 is 11.8 Å². The summed E-state index contributed by atoms with van der Waals surface area (Å²) < 4.78 is 0. The fraction of sp³-hybridized carbons (Fsp3) is 0.600. The number of nitrogens with two attached hydrogens (primary N) is 1. The number of rotatable bonds is 7. The van der Waals surface area contributed by atoms with Gasteiger partial charge in [-0.1, -0.05) is 24.3 Å². The maximum absolute atomic E-state index is 6.02. The van der Waals surface area contributed by atoms with E-state index < -0.39 is 0 Å². The van der Waals surface area contributed by atoms with Gasteiger partial charge >= 0.3 is 0 Å². The van der Waals surface area contributed by atoms with E-state index in [2.05, 4.69) is 42.5 Å². The summed E-state index contributed by atoms with van der Waals surface area (Å²) in [7, 11) is 2.19. The van der Waals surface area contributed by atoms with Crippen molar-refractivity contribution < 1.29 is 0 Å². The summed E-state index contributed by atoms with van der Waals surface area (Å²) >= 11 is 1.89. The molecule has 0 bridgehead atoms. The molecule has 3 heteroatoms. The Morgan fingerprint density at radius 1 is 1.39 bits per heavy atom. The minimum Gasteiger partial charge on any atom is -0.329 e. The zero-order chi connectivity index (χ0) is 13.0. The first-order valence-corrected chi connectivity index (χ1v) is 8.15. The Hall–Kier alpha value is -0.510. The molecule has 1 aliphatic carbocycles. The molecular weight excluding hydrogens is 240 g/mol. The van der Waals surface area contributed by atoms with Crippen LogP contribution in [0.5, 0.6) is 0 Å². The number of nitrogens with zero attached hydrogens (tertiary/aromatic N) is 1. The molecule has 0 spiro atoms. The maximum atomic E-state index is 6.02. The lowest BCUT2D eigenvalue weighted by molar-refractivity contribution is 0.264. The minimum absolute atomic E-state index is 0.369. The molecule has 1 fully saturated rings. The van der Waals surface area contributed by atoms with Gasteiger partial charge < -0.3 is 5.73 Å². The van der Waals surface area contributed by atoms with Crippen LogP contribution in [0.2, 0.25) is 0 Å². The molecule has 2 N–H and O–H groups in total. The lowest BCUT2D eigenvalue weighted by Crippen LogP contribution is -2.32. The van der Waals surface area contributed by atoms with Crippen LogP contribution in [0, 0.1) is 0 Å². The van der Waals surface area contributed by atoms with E-state index in [1.807, 2.05) is 11.8 Å². The topological polar surface area (TPSA) is 29.3 Å². The summed E-state index contributed by atoms with van der Waals surface area (Å²) in [5.41, 5.74) is 9.00. The SMILES string of the molecule is CSCCN(C)C(CN)c1ccccc1C1CC1. The summed E-state index contributed by atoms with van der Waals surface area (Å²) in [5, 5.41) is 0. The smallest absolute Gasteiger partial charge is 0.0470 e. The average Bonchev–Trinajstić information content (AvgIpc) is 3.22. The van der Waals surface area contributed by atoms with E-state index in [0.717, 1.165) is 12.5 Å². The Kier molecular flexibility index (Phi) is 5.10. The molecule has 0 amide bonds. The minimum atomic E-state index is 0.369. The van der Waals surface area contributed by atoms with E-state index in [1.54, 1.807) is 0 Å². The Morgan fingerprint density at radius 2 is 2.11 bits per heavy atom. The van der Waals surface area contributed by atoms with Gasteiger partial charge in [0.25, 0.3) is 0 Å². The van der Waals surface area contributed by atoms with Crippen molar-refractivity contribution in [2.24, 2.45) is 5.73 Å².